The highest BCUT2D eigenvalue weighted by molar-refractivity contribution is 5.78. The molecule has 0 aromatic rings. The normalized spacial score (nSPS) is 27.7. The van der Waals surface area contributed by atoms with Crippen LogP contribution in [0.1, 0.15) is 19.8 Å². The van der Waals surface area contributed by atoms with Crippen LogP contribution in [-0.4, -0.2) is 42.9 Å². The molecule has 0 bridgehead atoms. The third-order valence-corrected chi connectivity index (χ3v) is 2.72. The second-order valence-electron chi connectivity index (χ2n) is 4.22. The summed E-state index contributed by atoms with van der Waals surface area (Å²) in [5, 5.41) is 12.6. The highest BCUT2D eigenvalue weighted by atomic mass is 16.5. The molecule has 0 aromatic carbocycles. The van der Waals surface area contributed by atoms with Crippen LogP contribution in [0.25, 0.3) is 0 Å². The number of amides is 1. The number of ether oxygens (including phenoxy) is 1. The van der Waals surface area contributed by atoms with E-state index in [1.54, 1.807) is 0 Å². The largest absolute Gasteiger partial charge is 0.386 e. The van der Waals surface area contributed by atoms with Crippen molar-refractivity contribution in [3.05, 3.63) is 0 Å². The Balaban J connectivity index is 2.26. The van der Waals surface area contributed by atoms with E-state index in [-0.39, 0.29) is 18.4 Å². The third-order valence-electron chi connectivity index (χ3n) is 2.72. The quantitative estimate of drug-likeness (QED) is 0.564. The highest BCUT2D eigenvalue weighted by Gasteiger charge is 2.32. The summed E-state index contributed by atoms with van der Waals surface area (Å²) in [6.07, 6.45) is 1.25. The number of carbonyl (C=O) groups excluding carboxylic acids is 1. The number of hydrogen-bond donors (Lipinski definition) is 3. The molecule has 15 heavy (non-hydrogen) atoms. The first-order valence-electron chi connectivity index (χ1n) is 5.35. The van der Waals surface area contributed by atoms with Gasteiger partial charge in [0.15, 0.2) is 0 Å². The fourth-order valence-corrected chi connectivity index (χ4v) is 1.54. The second kappa shape index (κ2) is 5.44. The van der Waals surface area contributed by atoms with Gasteiger partial charge in [0.2, 0.25) is 5.91 Å². The molecule has 2 unspecified atom stereocenters. The number of rotatable bonds is 5. The molecule has 0 aliphatic carbocycles. The number of nitrogens with one attached hydrogen (secondary N) is 1. The molecule has 1 amide bonds. The average Bonchev–Trinajstić information content (AvgIpc) is 2.63. The molecule has 0 spiro atoms. The van der Waals surface area contributed by atoms with Crippen molar-refractivity contribution in [1.29, 1.82) is 0 Å². The Morgan fingerprint density at radius 2 is 2.47 bits per heavy atom. The molecule has 1 aliphatic heterocycles. The van der Waals surface area contributed by atoms with E-state index in [4.69, 9.17) is 10.5 Å². The Hall–Kier alpha value is -0.650. The average molecular weight is 216 g/mol. The van der Waals surface area contributed by atoms with Crippen molar-refractivity contribution < 1.29 is 14.6 Å². The zero-order valence-electron chi connectivity index (χ0n) is 9.16. The zero-order valence-corrected chi connectivity index (χ0v) is 9.16. The predicted molar refractivity (Wildman–Crippen MR) is 56.2 cm³/mol. The summed E-state index contributed by atoms with van der Waals surface area (Å²) in [6, 6.07) is 0. The molecular weight excluding hydrogens is 196 g/mol. The molecule has 88 valence electrons. The van der Waals surface area contributed by atoms with Crippen molar-refractivity contribution in [2.45, 2.75) is 25.4 Å². The van der Waals surface area contributed by atoms with Gasteiger partial charge in [0, 0.05) is 25.5 Å². The Morgan fingerprint density at radius 1 is 1.73 bits per heavy atom. The van der Waals surface area contributed by atoms with E-state index in [2.05, 4.69) is 5.32 Å². The third kappa shape index (κ3) is 3.77. The molecule has 1 saturated heterocycles. The van der Waals surface area contributed by atoms with E-state index in [1.165, 1.54) is 0 Å². The Kier molecular flexibility index (Phi) is 4.50. The maximum atomic E-state index is 11.5. The Labute approximate surface area is 90.0 Å². The van der Waals surface area contributed by atoms with Gasteiger partial charge in [-0.1, -0.05) is 6.92 Å². The molecule has 5 nitrogen and oxygen atoms in total. The highest BCUT2D eigenvalue weighted by Crippen LogP contribution is 2.17. The lowest BCUT2D eigenvalue weighted by Crippen LogP contribution is -2.45. The summed E-state index contributed by atoms with van der Waals surface area (Å²) in [7, 11) is 0. The summed E-state index contributed by atoms with van der Waals surface area (Å²) in [6.45, 7) is 3.46. The Morgan fingerprint density at radius 3 is 3.00 bits per heavy atom. The van der Waals surface area contributed by atoms with Gasteiger partial charge in [-0.3, -0.25) is 4.79 Å². The first-order chi connectivity index (χ1) is 7.07. The summed E-state index contributed by atoms with van der Waals surface area (Å²) in [4.78, 5) is 11.5. The molecule has 0 aromatic heterocycles. The van der Waals surface area contributed by atoms with Gasteiger partial charge in [0.05, 0.1) is 6.61 Å². The van der Waals surface area contributed by atoms with Crippen molar-refractivity contribution in [3.63, 3.8) is 0 Å². The first-order valence-corrected chi connectivity index (χ1v) is 5.35. The molecule has 0 radical (unpaired) electrons. The summed E-state index contributed by atoms with van der Waals surface area (Å²) in [5.74, 6) is -0.151. The van der Waals surface area contributed by atoms with Crippen LogP contribution >= 0.6 is 0 Å². The SMILES string of the molecule is CC(CCN)C(=O)NCC1(O)CCOC1. The maximum Gasteiger partial charge on any atom is 0.222 e. The van der Waals surface area contributed by atoms with Gasteiger partial charge in [-0.05, 0) is 13.0 Å². The van der Waals surface area contributed by atoms with E-state index in [1.807, 2.05) is 6.92 Å². The minimum Gasteiger partial charge on any atom is -0.386 e. The van der Waals surface area contributed by atoms with Gasteiger partial charge < -0.3 is 20.9 Å². The minimum atomic E-state index is -0.877. The lowest BCUT2D eigenvalue weighted by Gasteiger charge is -2.21. The maximum absolute atomic E-state index is 11.5. The van der Waals surface area contributed by atoms with Crippen molar-refractivity contribution >= 4 is 5.91 Å². The molecule has 1 aliphatic rings. The van der Waals surface area contributed by atoms with Crippen LogP contribution in [-0.2, 0) is 9.53 Å². The van der Waals surface area contributed by atoms with Gasteiger partial charge in [0.25, 0.3) is 0 Å². The molecule has 4 N–H and O–H groups in total. The molecular formula is C10H20N2O3. The standard InChI is InChI=1S/C10H20N2O3/c1-8(2-4-11)9(13)12-6-10(14)3-5-15-7-10/h8,14H,2-7,11H2,1H3,(H,12,13). The van der Waals surface area contributed by atoms with Crippen LogP contribution in [0.2, 0.25) is 0 Å². The minimum absolute atomic E-state index is 0.0548. The lowest BCUT2D eigenvalue weighted by molar-refractivity contribution is -0.125. The van der Waals surface area contributed by atoms with Crippen molar-refractivity contribution in [3.8, 4) is 0 Å². The summed E-state index contributed by atoms with van der Waals surface area (Å²) in [5.41, 5.74) is 4.49. The predicted octanol–water partition coefficient (Wildman–Crippen LogP) is -0.761. The fourth-order valence-electron chi connectivity index (χ4n) is 1.54. The monoisotopic (exact) mass is 216 g/mol. The lowest BCUT2D eigenvalue weighted by atomic mass is 10.0. The topological polar surface area (TPSA) is 84.6 Å². The molecule has 1 fully saturated rings. The Bertz CT molecular complexity index is 215. The number of nitrogens with two attached hydrogens (primary N) is 1. The first kappa shape index (κ1) is 12.4. The number of carbonyl (C=O) groups is 1. The molecule has 0 saturated carbocycles. The number of aliphatic hydroxyl groups is 1. The van der Waals surface area contributed by atoms with Crippen LogP contribution in [0.3, 0.4) is 0 Å². The van der Waals surface area contributed by atoms with E-state index in [0.717, 1.165) is 0 Å². The van der Waals surface area contributed by atoms with Crippen molar-refractivity contribution in [2.75, 3.05) is 26.3 Å². The van der Waals surface area contributed by atoms with E-state index >= 15 is 0 Å². The fraction of sp³-hybridized carbons (Fsp3) is 0.900. The van der Waals surface area contributed by atoms with E-state index in [0.29, 0.717) is 32.6 Å². The van der Waals surface area contributed by atoms with Crippen LogP contribution in [0.5, 0.6) is 0 Å². The molecule has 1 heterocycles. The van der Waals surface area contributed by atoms with Gasteiger partial charge in [-0.2, -0.15) is 0 Å². The summed E-state index contributed by atoms with van der Waals surface area (Å²) >= 11 is 0. The van der Waals surface area contributed by atoms with E-state index < -0.39 is 5.60 Å². The molecule has 1 rings (SSSR count). The van der Waals surface area contributed by atoms with Crippen molar-refractivity contribution in [2.24, 2.45) is 11.7 Å². The van der Waals surface area contributed by atoms with Gasteiger partial charge >= 0.3 is 0 Å². The number of hydrogen-bond acceptors (Lipinski definition) is 4. The molecule has 5 heteroatoms. The summed E-state index contributed by atoms with van der Waals surface area (Å²) < 4.78 is 5.08. The van der Waals surface area contributed by atoms with Gasteiger partial charge in [-0.15, -0.1) is 0 Å². The second-order valence-corrected chi connectivity index (χ2v) is 4.22. The van der Waals surface area contributed by atoms with Crippen LogP contribution in [0, 0.1) is 5.92 Å². The van der Waals surface area contributed by atoms with Crippen molar-refractivity contribution in [1.82, 2.24) is 5.32 Å². The zero-order chi connectivity index (χ0) is 11.3. The van der Waals surface area contributed by atoms with Crippen LogP contribution in [0.4, 0.5) is 0 Å². The molecule has 2 atom stereocenters. The van der Waals surface area contributed by atoms with Gasteiger partial charge in [-0.25, -0.2) is 0 Å². The van der Waals surface area contributed by atoms with Gasteiger partial charge in [0.1, 0.15) is 5.60 Å². The van der Waals surface area contributed by atoms with E-state index in [9.17, 15) is 9.90 Å². The smallest absolute Gasteiger partial charge is 0.222 e. The van der Waals surface area contributed by atoms with Crippen LogP contribution < -0.4 is 11.1 Å². The van der Waals surface area contributed by atoms with Crippen LogP contribution in [0.15, 0.2) is 0 Å².